The Bertz CT molecular complexity index is 328. The van der Waals surface area contributed by atoms with Gasteiger partial charge in [-0.05, 0) is 32.1 Å². The minimum Gasteiger partial charge on any atom is -0.392 e. The molecule has 2 aliphatic rings. The number of hydrogen-bond donors (Lipinski definition) is 2. The van der Waals surface area contributed by atoms with Crippen LogP contribution in [0.15, 0.2) is 0 Å². The molecule has 96 valence electrons. The van der Waals surface area contributed by atoms with E-state index in [1.54, 1.807) is 7.11 Å². The van der Waals surface area contributed by atoms with Crippen LogP contribution in [0.25, 0.3) is 0 Å². The first-order valence-electron chi connectivity index (χ1n) is 6.24. The van der Waals surface area contributed by atoms with Crippen molar-refractivity contribution in [3.8, 4) is 0 Å². The summed E-state index contributed by atoms with van der Waals surface area (Å²) >= 11 is 5.04. The van der Waals surface area contributed by atoms with E-state index in [-0.39, 0.29) is 18.1 Å². The lowest BCUT2D eigenvalue weighted by atomic mass is 9.68. The van der Waals surface area contributed by atoms with Gasteiger partial charge in [-0.25, -0.2) is 0 Å². The normalized spacial score (nSPS) is 30.6. The van der Waals surface area contributed by atoms with Crippen LogP contribution in [0.1, 0.15) is 38.5 Å². The van der Waals surface area contributed by atoms with Crippen molar-refractivity contribution in [1.29, 1.82) is 0 Å². The number of carbonyl (C=O) groups excluding carboxylic acids is 1. The highest BCUT2D eigenvalue weighted by Gasteiger charge is 2.48. The van der Waals surface area contributed by atoms with Crippen LogP contribution < -0.4 is 11.1 Å². The van der Waals surface area contributed by atoms with E-state index in [1.165, 1.54) is 0 Å². The number of carbonyl (C=O) groups is 1. The molecule has 2 rings (SSSR count). The van der Waals surface area contributed by atoms with Crippen molar-refractivity contribution in [2.24, 2.45) is 11.1 Å². The van der Waals surface area contributed by atoms with E-state index >= 15 is 0 Å². The molecule has 0 aromatic rings. The van der Waals surface area contributed by atoms with Crippen molar-refractivity contribution >= 4 is 23.1 Å². The second-order valence-electron chi connectivity index (χ2n) is 5.08. The number of hydrogen-bond acceptors (Lipinski definition) is 3. The molecule has 2 saturated carbocycles. The lowest BCUT2D eigenvalue weighted by Crippen LogP contribution is -2.56. The first-order chi connectivity index (χ1) is 8.10. The van der Waals surface area contributed by atoms with Crippen LogP contribution in [0.5, 0.6) is 0 Å². The van der Waals surface area contributed by atoms with E-state index in [0.29, 0.717) is 4.99 Å². The van der Waals surface area contributed by atoms with Crippen LogP contribution in [0.4, 0.5) is 0 Å². The van der Waals surface area contributed by atoms with E-state index < -0.39 is 5.41 Å². The van der Waals surface area contributed by atoms with Crippen molar-refractivity contribution in [3.05, 3.63) is 0 Å². The summed E-state index contributed by atoms with van der Waals surface area (Å²) in [6.07, 6.45) is 5.85. The third-order valence-electron chi connectivity index (χ3n) is 4.19. The minimum absolute atomic E-state index is 0.00481. The number of thiocarbonyl (C=S) groups is 1. The highest BCUT2D eigenvalue weighted by atomic mass is 32.1. The molecule has 2 unspecified atom stereocenters. The van der Waals surface area contributed by atoms with Gasteiger partial charge in [0.2, 0.25) is 5.91 Å². The molecule has 17 heavy (non-hydrogen) atoms. The number of amides is 1. The van der Waals surface area contributed by atoms with Gasteiger partial charge >= 0.3 is 0 Å². The molecule has 0 heterocycles. The highest BCUT2D eigenvalue weighted by Crippen LogP contribution is 2.41. The fourth-order valence-corrected chi connectivity index (χ4v) is 3.09. The topological polar surface area (TPSA) is 64.3 Å². The molecule has 0 radical (unpaired) electrons. The Labute approximate surface area is 107 Å². The molecule has 3 N–H and O–H groups in total. The summed E-state index contributed by atoms with van der Waals surface area (Å²) in [4.78, 5) is 12.6. The van der Waals surface area contributed by atoms with E-state index in [1.807, 2.05) is 0 Å². The number of rotatable bonds is 4. The zero-order valence-electron chi connectivity index (χ0n) is 10.2. The Hall–Kier alpha value is -0.680. The van der Waals surface area contributed by atoms with Gasteiger partial charge in [-0.15, -0.1) is 0 Å². The van der Waals surface area contributed by atoms with Gasteiger partial charge < -0.3 is 15.8 Å². The van der Waals surface area contributed by atoms with E-state index in [9.17, 15) is 4.79 Å². The third kappa shape index (κ3) is 2.18. The molecule has 5 heteroatoms. The first-order valence-corrected chi connectivity index (χ1v) is 6.64. The average molecular weight is 256 g/mol. The SMILES string of the molecule is COC1CCCC1NC(=O)C1(C(N)=S)CCC1. The Morgan fingerprint density at radius 1 is 1.41 bits per heavy atom. The number of ether oxygens (including phenoxy) is 1. The molecule has 2 aliphatic carbocycles. The van der Waals surface area contributed by atoms with Gasteiger partial charge in [-0.1, -0.05) is 18.6 Å². The number of methoxy groups -OCH3 is 1. The predicted molar refractivity (Wildman–Crippen MR) is 69.6 cm³/mol. The Morgan fingerprint density at radius 2 is 2.12 bits per heavy atom. The standard InChI is InChI=1S/C12H20N2O2S/c1-16-9-5-2-4-8(9)14-11(15)12(10(13)17)6-3-7-12/h8-9H,2-7H2,1H3,(H2,13,17)(H,14,15). The summed E-state index contributed by atoms with van der Waals surface area (Å²) in [7, 11) is 1.70. The van der Waals surface area contributed by atoms with E-state index in [4.69, 9.17) is 22.7 Å². The maximum atomic E-state index is 12.3. The van der Waals surface area contributed by atoms with Crippen LogP contribution in [0, 0.1) is 5.41 Å². The van der Waals surface area contributed by atoms with Crippen LogP contribution in [0.3, 0.4) is 0 Å². The van der Waals surface area contributed by atoms with Crippen LogP contribution in [-0.4, -0.2) is 30.2 Å². The van der Waals surface area contributed by atoms with E-state index in [2.05, 4.69) is 5.32 Å². The summed E-state index contributed by atoms with van der Waals surface area (Å²) < 4.78 is 5.37. The van der Waals surface area contributed by atoms with Gasteiger partial charge in [0, 0.05) is 7.11 Å². The molecule has 0 spiro atoms. The van der Waals surface area contributed by atoms with Gasteiger partial charge in [0.05, 0.1) is 22.5 Å². The summed E-state index contributed by atoms with van der Waals surface area (Å²) in [5.41, 5.74) is 5.14. The summed E-state index contributed by atoms with van der Waals surface area (Å²) in [6.45, 7) is 0. The van der Waals surface area contributed by atoms with Gasteiger partial charge in [0.25, 0.3) is 0 Å². The van der Waals surface area contributed by atoms with Crippen molar-refractivity contribution in [3.63, 3.8) is 0 Å². The Morgan fingerprint density at radius 3 is 2.59 bits per heavy atom. The summed E-state index contributed by atoms with van der Waals surface area (Å²) in [5, 5.41) is 3.07. The second kappa shape index (κ2) is 4.90. The Balaban J connectivity index is 1.99. The molecule has 0 aromatic heterocycles. The molecular formula is C12H20N2O2S. The smallest absolute Gasteiger partial charge is 0.233 e. The molecule has 0 aromatic carbocycles. The van der Waals surface area contributed by atoms with Crippen LogP contribution in [-0.2, 0) is 9.53 Å². The molecule has 1 amide bonds. The van der Waals surface area contributed by atoms with Crippen molar-refractivity contribution in [2.75, 3.05) is 7.11 Å². The fourth-order valence-electron chi connectivity index (χ4n) is 2.80. The molecule has 0 bridgehead atoms. The largest absolute Gasteiger partial charge is 0.392 e. The monoisotopic (exact) mass is 256 g/mol. The quantitative estimate of drug-likeness (QED) is 0.740. The third-order valence-corrected chi connectivity index (χ3v) is 4.58. The Kier molecular flexibility index (Phi) is 3.68. The zero-order chi connectivity index (χ0) is 12.5. The number of nitrogens with two attached hydrogens (primary N) is 1. The van der Waals surface area contributed by atoms with Crippen LogP contribution >= 0.6 is 12.2 Å². The molecule has 2 fully saturated rings. The number of nitrogens with one attached hydrogen (secondary N) is 1. The van der Waals surface area contributed by atoms with Crippen molar-refractivity contribution in [2.45, 2.75) is 50.7 Å². The molecule has 4 nitrogen and oxygen atoms in total. The van der Waals surface area contributed by atoms with Gasteiger partial charge in [0.1, 0.15) is 0 Å². The molecular weight excluding hydrogens is 236 g/mol. The maximum Gasteiger partial charge on any atom is 0.233 e. The van der Waals surface area contributed by atoms with Gasteiger partial charge in [-0.3, -0.25) is 4.79 Å². The van der Waals surface area contributed by atoms with Crippen LogP contribution in [0.2, 0.25) is 0 Å². The van der Waals surface area contributed by atoms with Gasteiger partial charge in [0.15, 0.2) is 0 Å². The highest BCUT2D eigenvalue weighted by molar-refractivity contribution is 7.80. The minimum atomic E-state index is -0.573. The lowest BCUT2D eigenvalue weighted by Gasteiger charge is -2.40. The molecule has 0 saturated heterocycles. The van der Waals surface area contributed by atoms with Crippen molar-refractivity contribution < 1.29 is 9.53 Å². The second-order valence-corrected chi connectivity index (χ2v) is 5.52. The zero-order valence-corrected chi connectivity index (χ0v) is 11.0. The van der Waals surface area contributed by atoms with Gasteiger partial charge in [-0.2, -0.15) is 0 Å². The maximum absolute atomic E-state index is 12.3. The molecule has 0 aliphatic heterocycles. The van der Waals surface area contributed by atoms with E-state index in [0.717, 1.165) is 38.5 Å². The summed E-state index contributed by atoms with van der Waals surface area (Å²) in [6, 6.07) is 0.124. The predicted octanol–water partition coefficient (Wildman–Crippen LogP) is 1.13. The summed E-state index contributed by atoms with van der Waals surface area (Å²) in [5.74, 6) is 0.00481. The lowest BCUT2D eigenvalue weighted by molar-refractivity contribution is -0.132. The average Bonchev–Trinajstić information content (AvgIpc) is 2.62. The fraction of sp³-hybridized carbons (Fsp3) is 0.833. The first kappa shape index (κ1) is 12.8. The van der Waals surface area contributed by atoms with Crippen molar-refractivity contribution in [1.82, 2.24) is 5.32 Å². The molecule has 2 atom stereocenters.